The van der Waals surface area contributed by atoms with Gasteiger partial charge in [0, 0.05) is 18.5 Å². The summed E-state index contributed by atoms with van der Waals surface area (Å²) < 4.78 is 31.9. The van der Waals surface area contributed by atoms with Crippen molar-refractivity contribution in [1.29, 1.82) is 0 Å². The molecule has 3 N–H and O–H groups in total. The van der Waals surface area contributed by atoms with Gasteiger partial charge in [0.2, 0.25) is 15.9 Å². The molecule has 0 aliphatic rings. The minimum Gasteiger partial charge on any atom is -0.340 e. The summed E-state index contributed by atoms with van der Waals surface area (Å²) in [6.45, 7) is 3.45. The van der Waals surface area contributed by atoms with Crippen LogP contribution >= 0.6 is 11.6 Å². The molecule has 0 aliphatic heterocycles. The molecule has 1 aromatic carbocycles. The number of rotatable bonds is 5. The second-order valence-electron chi connectivity index (χ2n) is 4.45. The Balaban J connectivity index is 2.29. The van der Waals surface area contributed by atoms with E-state index in [0.29, 0.717) is 22.0 Å². The van der Waals surface area contributed by atoms with E-state index < -0.39 is 10.0 Å². The zero-order valence-electron chi connectivity index (χ0n) is 11.6. The van der Waals surface area contributed by atoms with Gasteiger partial charge in [0.1, 0.15) is 0 Å². The molecule has 9 heteroatoms. The SMILES string of the molecule is Cc1nc(CNS(=O)(=O)c2cc(Cl)cc(CN)c2C)no1. The lowest BCUT2D eigenvalue weighted by Crippen LogP contribution is -2.25. The minimum absolute atomic E-state index is 0.0659. The van der Waals surface area contributed by atoms with E-state index >= 15 is 0 Å². The fraction of sp³-hybridized carbons (Fsp3) is 0.333. The normalized spacial score (nSPS) is 11.8. The number of halogens is 1. The van der Waals surface area contributed by atoms with Gasteiger partial charge in [0.15, 0.2) is 5.82 Å². The number of hydrogen-bond donors (Lipinski definition) is 2. The average Bonchev–Trinajstić information content (AvgIpc) is 2.84. The van der Waals surface area contributed by atoms with Crippen LogP contribution in [0.5, 0.6) is 0 Å². The molecule has 0 bridgehead atoms. The second-order valence-corrected chi connectivity index (χ2v) is 6.62. The Bertz CT molecular complexity index is 758. The third kappa shape index (κ3) is 3.59. The van der Waals surface area contributed by atoms with Crippen LogP contribution in [-0.4, -0.2) is 18.6 Å². The lowest BCUT2D eigenvalue weighted by molar-refractivity contribution is 0.387. The van der Waals surface area contributed by atoms with Gasteiger partial charge in [0.05, 0.1) is 11.4 Å². The summed E-state index contributed by atoms with van der Waals surface area (Å²) >= 11 is 5.94. The topological polar surface area (TPSA) is 111 Å². The molecule has 0 radical (unpaired) electrons. The number of hydrogen-bond acceptors (Lipinski definition) is 6. The van der Waals surface area contributed by atoms with Crippen LogP contribution in [0.4, 0.5) is 0 Å². The standard InChI is InChI=1S/C12H15ClN4O3S/c1-7-9(5-14)3-10(13)4-11(7)21(18,19)15-6-12-16-8(2)20-17-12/h3-4,15H,5-6,14H2,1-2H3. The zero-order valence-corrected chi connectivity index (χ0v) is 13.1. The van der Waals surface area contributed by atoms with Gasteiger partial charge in [-0.05, 0) is 30.2 Å². The first kappa shape index (κ1) is 15.9. The molecule has 0 atom stereocenters. The minimum atomic E-state index is -3.75. The molecule has 0 fully saturated rings. The Morgan fingerprint density at radius 1 is 1.38 bits per heavy atom. The molecule has 0 amide bonds. The summed E-state index contributed by atoms with van der Waals surface area (Å²) in [5.74, 6) is 0.628. The van der Waals surface area contributed by atoms with E-state index in [1.54, 1.807) is 19.9 Å². The van der Waals surface area contributed by atoms with Gasteiger partial charge in [-0.15, -0.1) is 0 Å². The van der Waals surface area contributed by atoms with Gasteiger partial charge >= 0.3 is 0 Å². The number of nitrogens with one attached hydrogen (secondary N) is 1. The van der Waals surface area contributed by atoms with E-state index in [2.05, 4.69) is 14.9 Å². The number of aromatic nitrogens is 2. The van der Waals surface area contributed by atoms with Crippen molar-refractivity contribution in [3.8, 4) is 0 Å². The van der Waals surface area contributed by atoms with E-state index in [9.17, 15) is 8.42 Å². The molecule has 0 saturated carbocycles. The highest BCUT2D eigenvalue weighted by molar-refractivity contribution is 7.89. The van der Waals surface area contributed by atoms with Crippen molar-refractivity contribution in [2.45, 2.75) is 31.8 Å². The summed E-state index contributed by atoms with van der Waals surface area (Å²) in [6, 6.07) is 3.04. The first-order valence-electron chi connectivity index (χ1n) is 6.11. The number of nitrogens with zero attached hydrogens (tertiary/aromatic N) is 2. The average molecular weight is 331 g/mol. The Morgan fingerprint density at radius 3 is 2.67 bits per heavy atom. The molecular formula is C12H15ClN4O3S. The summed E-state index contributed by atoms with van der Waals surface area (Å²) in [4.78, 5) is 4.02. The number of nitrogens with two attached hydrogens (primary N) is 1. The van der Waals surface area contributed by atoms with E-state index in [-0.39, 0.29) is 23.8 Å². The van der Waals surface area contributed by atoms with Crippen molar-refractivity contribution < 1.29 is 12.9 Å². The molecule has 0 unspecified atom stereocenters. The Labute approximate surface area is 127 Å². The van der Waals surface area contributed by atoms with Crippen molar-refractivity contribution in [2.75, 3.05) is 0 Å². The van der Waals surface area contributed by atoms with Crippen LogP contribution in [0.15, 0.2) is 21.6 Å². The van der Waals surface area contributed by atoms with Gasteiger partial charge in [-0.25, -0.2) is 13.1 Å². The second kappa shape index (κ2) is 6.10. The third-order valence-electron chi connectivity index (χ3n) is 2.93. The maximum Gasteiger partial charge on any atom is 0.241 e. The van der Waals surface area contributed by atoms with Gasteiger partial charge in [0.25, 0.3) is 0 Å². The number of aryl methyl sites for hydroxylation is 1. The molecular weight excluding hydrogens is 316 g/mol. The molecule has 0 aliphatic carbocycles. The first-order valence-corrected chi connectivity index (χ1v) is 7.97. The highest BCUT2D eigenvalue weighted by Gasteiger charge is 2.20. The predicted molar refractivity (Wildman–Crippen MR) is 77.1 cm³/mol. The number of benzene rings is 1. The fourth-order valence-electron chi connectivity index (χ4n) is 1.85. The molecule has 1 heterocycles. The Hall–Kier alpha value is -1.48. The Kier molecular flexibility index (Phi) is 4.62. The van der Waals surface area contributed by atoms with Gasteiger partial charge < -0.3 is 10.3 Å². The quantitative estimate of drug-likeness (QED) is 0.854. The van der Waals surface area contributed by atoms with Gasteiger partial charge in [-0.2, -0.15) is 4.98 Å². The lowest BCUT2D eigenvalue weighted by Gasteiger charge is -2.12. The van der Waals surface area contributed by atoms with Crippen molar-refractivity contribution in [2.24, 2.45) is 5.73 Å². The van der Waals surface area contributed by atoms with E-state index in [4.69, 9.17) is 21.9 Å². The fourth-order valence-corrected chi connectivity index (χ4v) is 3.45. The molecule has 114 valence electrons. The lowest BCUT2D eigenvalue weighted by atomic mass is 10.1. The van der Waals surface area contributed by atoms with Crippen molar-refractivity contribution in [3.05, 3.63) is 40.0 Å². The van der Waals surface area contributed by atoms with E-state index in [1.807, 2.05) is 0 Å². The van der Waals surface area contributed by atoms with Crippen LogP contribution in [0.1, 0.15) is 22.8 Å². The predicted octanol–water partition coefficient (Wildman–Crippen LogP) is 1.28. The molecule has 21 heavy (non-hydrogen) atoms. The van der Waals surface area contributed by atoms with Crippen LogP contribution < -0.4 is 10.5 Å². The highest BCUT2D eigenvalue weighted by atomic mass is 35.5. The van der Waals surface area contributed by atoms with Crippen LogP contribution in [-0.2, 0) is 23.1 Å². The summed E-state index contributed by atoms with van der Waals surface area (Å²) in [7, 11) is -3.75. The van der Waals surface area contributed by atoms with E-state index in [0.717, 1.165) is 0 Å². The highest BCUT2D eigenvalue weighted by Crippen LogP contribution is 2.24. The van der Waals surface area contributed by atoms with Crippen LogP contribution in [0.25, 0.3) is 0 Å². The summed E-state index contributed by atoms with van der Waals surface area (Å²) in [5.41, 5.74) is 6.84. The van der Waals surface area contributed by atoms with Crippen LogP contribution in [0.2, 0.25) is 5.02 Å². The molecule has 0 saturated heterocycles. The van der Waals surface area contributed by atoms with Crippen LogP contribution in [0, 0.1) is 13.8 Å². The Morgan fingerprint density at radius 2 is 2.10 bits per heavy atom. The summed E-state index contributed by atoms with van der Waals surface area (Å²) in [6.07, 6.45) is 0. The van der Waals surface area contributed by atoms with Crippen molar-refractivity contribution in [1.82, 2.24) is 14.9 Å². The third-order valence-corrected chi connectivity index (χ3v) is 4.68. The first-order chi connectivity index (χ1) is 9.83. The van der Waals surface area contributed by atoms with Crippen molar-refractivity contribution >= 4 is 21.6 Å². The van der Waals surface area contributed by atoms with Crippen molar-refractivity contribution in [3.63, 3.8) is 0 Å². The smallest absolute Gasteiger partial charge is 0.241 e. The molecule has 2 rings (SSSR count). The van der Waals surface area contributed by atoms with Gasteiger partial charge in [-0.3, -0.25) is 0 Å². The van der Waals surface area contributed by atoms with Crippen LogP contribution in [0.3, 0.4) is 0 Å². The maximum absolute atomic E-state index is 12.4. The zero-order chi connectivity index (χ0) is 15.6. The maximum atomic E-state index is 12.4. The van der Waals surface area contributed by atoms with E-state index in [1.165, 1.54) is 6.07 Å². The largest absolute Gasteiger partial charge is 0.340 e. The molecule has 7 nitrogen and oxygen atoms in total. The number of sulfonamides is 1. The monoisotopic (exact) mass is 330 g/mol. The van der Waals surface area contributed by atoms with Gasteiger partial charge in [-0.1, -0.05) is 16.8 Å². The molecule has 2 aromatic rings. The molecule has 1 aromatic heterocycles. The molecule has 0 spiro atoms. The summed E-state index contributed by atoms with van der Waals surface area (Å²) in [5, 5.41) is 3.94.